The van der Waals surface area contributed by atoms with E-state index in [1.54, 1.807) is 0 Å². The van der Waals surface area contributed by atoms with E-state index in [-0.39, 0.29) is 11.9 Å². The predicted octanol–water partition coefficient (Wildman–Crippen LogP) is 1.66. The van der Waals surface area contributed by atoms with E-state index in [9.17, 15) is 4.79 Å². The van der Waals surface area contributed by atoms with Crippen LogP contribution in [-0.4, -0.2) is 25.2 Å². The van der Waals surface area contributed by atoms with E-state index < -0.39 is 5.92 Å². The van der Waals surface area contributed by atoms with E-state index in [1.807, 2.05) is 30.3 Å². The Hall–Kier alpha value is -1.86. The highest BCUT2D eigenvalue weighted by Crippen LogP contribution is 2.11. The van der Waals surface area contributed by atoms with Crippen molar-refractivity contribution in [1.82, 2.24) is 5.32 Å². The number of hydrogen-bond acceptors (Lipinski definition) is 3. The molecule has 0 aromatic heterocycles. The van der Waals surface area contributed by atoms with Gasteiger partial charge in [0, 0.05) is 19.3 Å². The number of carbonyl (C=O) groups is 1. The zero-order chi connectivity index (χ0) is 13.5. The monoisotopic (exact) mass is 258 g/mol. The number of amides is 1. The minimum atomic E-state index is -0.620. The van der Waals surface area contributed by atoms with Crippen molar-refractivity contribution in [3.05, 3.63) is 35.9 Å². The molecule has 1 heterocycles. The maximum atomic E-state index is 12.1. The van der Waals surface area contributed by atoms with Gasteiger partial charge in [0.05, 0.1) is 6.07 Å². The van der Waals surface area contributed by atoms with Gasteiger partial charge in [0.1, 0.15) is 5.92 Å². The van der Waals surface area contributed by atoms with Crippen LogP contribution in [-0.2, 0) is 16.0 Å². The number of nitrogens with one attached hydrogen (secondary N) is 1. The maximum absolute atomic E-state index is 12.1. The van der Waals surface area contributed by atoms with Crippen LogP contribution in [0.5, 0.6) is 0 Å². The van der Waals surface area contributed by atoms with Crippen LogP contribution >= 0.6 is 0 Å². The summed E-state index contributed by atoms with van der Waals surface area (Å²) in [5.74, 6) is -0.788. The fourth-order valence-electron chi connectivity index (χ4n) is 2.19. The molecular weight excluding hydrogens is 240 g/mol. The Morgan fingerprint density at radius 2 is 2.05 bits per heavy atom. The zero-order valence-electron chi connectivity index (χ0n) is 10.8. The maximum Gasteiger partial charge on any atom is 0.237 e. The van der Waals surface area contributed by atoms with Crippen LogP contribution in [0.2, 0.25) is 0 Å². The molecule has 1 aromatic rings. The van der Waals surface area contributed by atoms with Crippen LogP contribution in [0.25, 0.3) is 0 Å². The van der Waals surface area contributed by atoms with Crippen molar-refractivity contribution < 1.29 is 9.53 Å². The molecule has 1 unspecified atom stereocenters. The first-order chi connectivity index (χ1) is 9.29. The molecule has 100 valence electrons. The Bertz CT molecular complexity index is 447. The van der Waals surface area contributed by atoms with Gasteiger partial charge in [-0.2, -0.15) is 5.26 Å². The van der Waals surface area contributed by atoms with Crippen molar-refractivity contribution in [2.75, 3.05) is 13.2 Å². The van der Waals surface area contributed by atoms with Gasteiger partial charge in [0.15, 0.2) is 0 Å². The van der Waals surface area contributed by atoms with Crippen molar-refractivity contribution in [1.29, 1.82) is 5.26 Å². The average Bonchev–Trinajstić information content (AvgIpc) is 2.47. The summed E-state index contributed by atoms with van der Waals surface area (Å²) in [6, 6.07) is 11.9. The van der Waals surface area contributed by atoms with Gasteiger partial charge in [-0.25, -0.2) is 0 Å². The fourth-order valence-corrected chi connectivity index (χ4v) is 2.19. The van der Waals surface area contributed by atoms with E-state index in [4.69, 9.17) is 10.00 Å². The van der Waals surface area contributed by atoms with Crippen LogP contribution in [0, 0.1) is 17.2 Å². The van der Waals surface area contributed by atoms with E-state index in [1.165, 1.54) is 0 Å². The summed E-state index contributed by atoms with van der Waals surface area (Å²) in [6.07, 6.45) is 2.12. The third-order valence-corrected chi connectivity index (χ3v) is 3.32. The summed E-state index contributed by atoms with van der Waals surface area (Å²) in [6.45, 7) is 1.36. The molecule has 1 aliphatic heterocycles. The van der Waals surface area contributed by atoms with Crippen LogP contribution in [0.15, 0.2) is 30.3 Å². The minimum absolute atomic E-state index is 0.146. The van der Waals surface area contributed by atoms with Crippen LogP contribution in [0.1, 0.15) is 18.4 Å². The van der Waals surface area contributed by atoms with Gasteiger partial charge in [-0.1, -0.05) is 30.3 Å². The Labute approximate surface area is 113 Å². The number of nitrogens with zero attached hydrogens (tertiary/aromatic N) is 1. The van der Waals surface area contributed by atoms with Crippen LogP contribution in [0.3, 0.4) is 0 Å². The van der Waals surface area contributed by atoms with E-state index >= 15 is 0 Å². The highest BCUT2D eigenvalue weighted by molar-refractivity contribution is 5.81. The highest BCUT2D eigenvalue weighted by Gasteiger charge is 2.22. The first-order valence-electron chi connectivity index (χ1n) is 6.61. The smallest absolute Gasteiger partial charge is 0.237 e. The Kier molecular flexibility index (Phi) is 4.93. The summed E-state index contributed by atoms with van der Waals surface area (Å²) in [5, 5.41) is 12.1. The third-order valence-electron chi connectivity index (χ3n) is 3.32. The van der Waals surface area contributed by atoms with Gasteiger partial charge >= 0.3 is 0 Å². The van der Waals surface area contributed by atoms with Gasteiger partial charge in [-0.15, -0.1) is 0 Å². The second kappa shape index (κ2) is 6.91. The highest BCUT2D eigenvalue weighted by atomic mass is 16.5. The van der Waals surface area contributed by atoms with Gasteiger partial charge < -0.3 is 10.1 Å². The molecule has 4 heteroatoms. The lowest BCUT2D eigenvalue weighted by Crippen LogP contribution is -2.42. The van der Waals surface area contributed by atoms with Crippen molar-refractivity contribution >= 4 is 5.91 Å². The molecule has 1 saturated heterocycles. The van der Waals surface area contributed by atoms with Crippen LogP contribution < -0.4 is 5.32 Å². The third kappa shape index (κ3) is 4.08. The molecule has 0 aliphatic carbocycles. The SMILES string of the molecule is N#CC(Cc1ccccc1)C(=O)NC1CCOCC1. The molecule has 1 amide bonds. The number of carbonyl (C=O) groups excluding carboxylic acids is 1. The van der Waals surface area contributed by atoms with E-state index in [0.29, 0.717) is 19.6 Å². The molecule has 1 atom stereocenters. The Balaban J connectivity index is 1.90. The summed E-state index contributed by atoms with van der Waals surface area (Å²) < 4.78 is 5.25. The lowest BCUT2D eigenvalue weighted by Gasteiger charge is -2.24. The topological polar surface area (TPSA) is 62.1 Å². The van der Waals surface area contributed by atoms with Gasteiger partial charge in [-0.3, -0.25) is 4.79 Å². The Morgan fingerprint density at radius 3 is 2.68 bits per heavy atom. The van der Waals surface area contributed by atoms with Crippen LogP contribution in [0.4, 0.5) is 0 Å². The van der Waals surface area contributed by atoms with Crippen molar-refractivity contribution in [2.45, 2.75) is 25.3 Å². The standard InChI is InChI=1S/C15H18N2O2/c16-11-13(10-12-4-2-1-3-5-12)15(18)17-14-6-8-19-9-7-14/h1-5,13-14H,6-10H2,(H,17,18). The van der Waals surface area contributed by atoms with Gasteiger partial charge in [0.2, 0.25) is 5.91 Å². The molecule has 1 fully saturated rings. The quantitative estimate of drug-likeness (QED) is 0.893. The normalized spacial score (nSPS) is 17.4. The zero-order valence-corrected chi connectivity index (χ0v) is 10.8. The molecule has 0 radical (unpaired) electrons. The number of benzene rings is 1. The molecule has 1 aromatic carbocycles. The van der Waals surface area contributed by atoms with E-state index in [0.717, 1.165) is 18.4 Å². The minimum Gasteiger partial charge on any atom is -0.381 e. The molecule has 0 bridgehead atoms. The summed E-state index contributed by atoms with van der Waals surface area (Å²) in [7, 11) is 0. The molecule has 0 spiro atoms. The molecule has 4 nitrogen and oxygen atoms in total. The first-order valence-corrected chi connectivity index (χ1v) is 6.61. The van der Waals surface area contributed by atoms with Crippen molar-refractivity contribution in [2.24, 2.45) is 5.92 Å². The largest absolute Gasteiger partial charge is 0.381 e. The number of rotatable bonds is 4. The second-order valence-corrected chi connectivity index (χ2v) is 4.77. The summed E-state index contributed by atoms with van der Waals surface area (Å²) >= 11 is 0. The fraction of sp³-hybridized carbons (Fsp3) is 0.467. The van der Waals surface area contributed by atoms with Gasteiger partial charge in [0.25, 0.3) is 0 Å². The molecule has 1 aliphatic rings. The van der Waals surface area contributed by atoms with Gasteiger partial charge in [-0.05, 0) is 24.8 Å². The Morgan fingerprint density at radius 1 is 1.37 bits per heavy atom. The van der Waals surface area contributed by atoms with Crippen molar-refractivity contribution in [3.8, 4) is 6.07 Å². The molecule has 19 heavy (non-hydrogen) atoms. The molecule has 2 rings (SSSR count). The second-order valence-electron chi connectivity index (χ2n) is 4.77. The lowest BCUT2D eigenvalue weighted by molar-refractivity contribution is -0.124. The van der Waals surface area contributed by atoms with E-state index in [2.05, 4.69) is 11.4 Å². The number of ether oxygens (including phenoxy) is 1. The average molecular weight is 258 g/mol. The first kappa shape index (κ1) is 13.6. The molecular formula is C15H18N2O2. The summed E-state index contributed by atoms with van der Waals surface area (Å²) in [5.41, 5.74) is 1.01. The molecule has 1 N–H and O–H groups in total. The number of nitriles is 1. The number of hydrogen-bond donors (Lipinski definition) is 1. The molecule has 0 saturated carbocycles. The summed E-state index contributed by atoms with van der Waals surface area (Å²) in [4.78, 5) is 12.1. The van der Waals surface area contributed by atoms with Crippen molar-refractivity contribution in [3.63, 3.8) is 0 Å². The predicted molar refractivity (Wildman–Crippen MR) is 71.2 cm³/mol. The lowest BCUT2D eigenvalue weighted by atomic mass is 9.99.